The van der Waals surface area contributed by atoms with E-state index in [2.05, 4.69) is 0 Å². The first kappa shape index (κ1) is 14.3. The summed E-state index contributed by atoms with van der Waals surface area (Å²) in [6, 6.07) is 6.16. The van der Waals surface area contributed by atoms with Crippen LogP contribution in [0.5, 0.6) is 0 Å². The van der Waals surface area contributed by atoms with Gasteiger partial charge in [0, 0.05) is 35.5 Å². The molecule has 0 saturated carbocycles. The third-order valence-electron chi connectivity index (χ3n) is 2.98. The van der Waals surface area contributed by atoms with Crippen LogP contribution in [0.25, 0.3) is 0 Å². The molecule has 1 heterocycles. The number of benzene rings is 1. The lowest BCUT2D eigenvalue weighted by molar-refractivity contribution is -0.385. The topological polar surface area (TPSA) is 65.1 Å². The Morgan fingerprint density at radius 2 is 2.15 bits per heavy atom. The van der Waals surface area contributed by atoms with Crippen LogP contribution in [0.4, 0.5) is 5.69 Å². The molecule has 0 atom stereocenters. The quantitative estimate of drug-likeness (QED) is 0.479. The zero-order chi connectivity index (χ0) is 14.7. The molecule has 104 valence electrons. The first-order valence-electron chi connectivity index (χ1n) is 6.13. The minimum atomic E-state index is -0.437. The van der Waals surface area contributed by atoms with Crippen LogP contribution < -0.4 is 0 Å². The van der Waals surface area contributed by atoms with E-state index >= 15 is 0 Å². The summed E-state index contributed by atoms with van der Waals surface area (Å²) in [5, 5.41) is 11.4. The molecule has 0 bridgehead atoms. The van der Waals surface area contributed by atoms with Gasteiger partial charge < -0.3 is 4.57 Å². The fourth-order valence-corrected chi connectivity index (χ4v) is 2.16. The van der Waals surface area contributed by atoms with E-state index in [0.717, 1.165) is 0 Å². The average Bonchev–Trinajstić information content (AvgIpc) is 2.86. The minimum absolute atomic E-state index is 0.0199. The van der Waals surface area contributed by atoms with Crippen molar-refractivity contribution in [3.63, 3.8) is 0 Å². The highest BCUT2D eigenvalue weighted by atomic mass is 35.5. The van der Waals surface area contributed by atoms with Crippen molar-refractivity contribution in [3.8, 4) is 0 Å². The van der Waals surface area contributed by atoms with Gasteiger partial charge in [-0.1, -0.05) is 18.5 Å². The third-order valence-corrected chi connectivity index (χ3v) is 3.22. The Morgan fingerprint density at radius 3 is 2.80 bits per heavy atom. The van der Waals surface area contributed by atoms with Crippen LogP contribution in [0, 0.1) is 10.1 Å². The van der Waals surface area contributed by atoms with Crippen molar-refractivity contribution in [2.75, 3.05) is 0 Å². The normalized spacial score (nSPS) is 10.5. The lowest BCUT2D eigenvalue weighted by Gasteiger charge is -2.05. The second kappa shape index (κ2) is 5.88. The zero-order valence-electron chi connectivity index (χ0n) is 10.9. The van der Waals surface area contributed by atoms with Crippen LogP contribution in [0.1, 0.15) is 29.3 Å². The Balaban J connectivity index is 2.30. The summed E-state index contributed by atoms with van der Waals surface area (Å²) in [4.78, 5) is 22.1. The van der Waals surface area contributed by atoms with E-state index in [1.165, 1.54) is 12.1 Å². The molecule has 0 aliphatic carbocycles. The van der Waals surface area contributed by atoms with Gasteiger partial charge in [0.05, 0.1) is 17.0 Å². The van der Waals surface area contributed by atoms with E-state index < -0.39 is 4.92 Å². The number of aromatic nitrogens is 1. The lowest BCUT2D eigenvalue weighted by atomic mass is 10.2. The highest BCUT2D eigenvalue weighted by Gasteiger charge is 2.14. The molecule has 0 N–H and O–H groups in total. The number of nitro groups is 1. The van der Waals surface area contributed by atoms with Gasteiger partial charge in [-0.2, -0.15) is 0 Å². The summed E-state index contributed by atoms with van der Waals surface area (Å²) in [5.41, 5.74) is 1.14. The summed E-state index contributed by atoms with van der Waals surface area (Å²) < 4.78 is 1.74. The molecule has 6 heteroatoms. The highest BCUT2D eigenvalue weighted by Crippen LogP contribution is 2.23. The van der Waals surface area contributed by atoms with Crippen LogP contribution in [0.2, 0.25) is 5.02 Å². The van der Waals surface area contributed by atoms with Gasteiger partial charge in [-0.05, 0) is 18.2 Å². The van der Waals surface area contributed by atoms with Crippen molar-refractivity contribution in [1.82, 2.24) is 4.57 Å². The summed E-state index contributed by atoms with van der Waals surface area (Å²) in [6.07, 6.45) is 3.85. The molecule has 0 fully saturated rings. The van der Waals surface area contributed by atoms with Crippen LogP contribution in [0.15, 0.2) is 36.7 Å². The molecule has 0 aliphatic heterocycles. The molecule has 5 nitrogen and oxygen atoms in total. The highest BCUT2D eigenvalue weighted by molar-refractivity contribution is 6.30. The number of Topliss-reactive ketones (excluding diaryl/α,β-unsaturated/α-hetero) is 1. The zero-order valence-corrected chi connectivity index (χ0v) is 11.6. The lowest BCUT2D eigenvalue weighted by Crippen LogP contribution is -2.02. The van der Waals surface area contributed by atoms with Crippen LogP contribution in [-0.2, 0) is 6.54 Å². The number of carbonyl (C=O) groups is 1. The van der Waals surface area contributed by atoms with E-state index in [0.29, 0.717) is 29.1 Å². The van der Waals surface area contributed by atoms with Gasteiger partial charge in [0.25, 0.3) is 5.69 Å². The number of carbonyl (C=O) groups excluding carboxylic acids is 1. The summed E-state index contributed by atoms with van der Waals surface area (Å²) >= 11 is 5.88. The predicted molar refractivity (Wildman–Crippen MR) is 76.3 cm³/mol. The van der Waals surface area contributed by atoms with Gasteiger partial charge >= 0.3 is 0 Å². The van der Waals surface area contributed by atoms with Gasteiger partial charge in [0.2, 0.25) is 0 Å². The minimum Gasteiger partial charge on any atom is -0.349 e. The van der Waals surface area contributed by atoms with E-state index in [1.807, 2.05) is 0 Å². The molecule has 1 aromatic heterocycles. The number of nitro benzene ring substituents is 1. The first-order valence-corrected chi connectivity index (χ1v) is 6.51. The van der Waals surface area contributed by atoms with Gasteiger partial charge in [0.1, 0.15) is 0 Å². The molecular formula is C14H13ClN2O3. The Bertz CT molecular complexity index is 664. The molecule has 0 radical (unpaired) electrons. The maximum Gasteiger partial charge on any atom is 0.274 e. The predicted octanol–water partition coefficient (Wildman–Crippen LogP) is 3.69. The SMILES string of the molecule is CCC(=O)c1ccn(Cc2cc(Cl)ccc2[N+](=O)[O-])c1. The summed E-state index contributed by atoms with van der Waals surface area (Å²) in [7, 11) is 0. The number of nitrogens with zero attached hydrogens (tertiary/aromatic N) is 2. The van der Waals surface area contributed by atoms with E-state index in [-0.39, 0.29) is 11.5 Å². The van der Waals surface area contributed by atoms with Crippen molar-refractivity contribution >= 4 is 23.1 Å². The number of halogens is 1. The fourth-order valence-electron chi connectivity index (χ4n) is 1.96. The van der Waals surface area contributed by atoms with Crippen LogP contribution >= 0.6 is 11.6 Å². The maximum atomic E-state index is 11.6. The molecule has 0 saturated heterocycles. The summed E-state index contributed by atoms with van der Waals surface area (Å²) in [6.45, 7) is 2.09. The molecule has 2 aromatic rings. The monoisotopic (exact) mass is 292 g/mol. The second-order valence-corrected chi connectivity index (χ2v) is 4.82. The molecule has 0 amide bonds. The summed E-state index contributed by atoms with van der Waals surface area (Å²) in [5.74, 6) is 0.0457. The van der Waals surface area contributed by atoms with E-state index in [1.54, 1.807) is 36.0 Å². The molecule has 0 spiro atoms. The van der Waals surface area contributed by atoms with Crippen molar-refractivity contribution in [2.24, 2.45) is 0 Å². The number of ketones is 1. The van der Waals surface area contributed by atoms with Crippen molar-refractivity contribution in [2.45, 2.75) is 19.9 Å². The number of rotatable bonds is 5. The Morgan fingerprint density at radius 1 is 1.40 bits per heavy atom. The maximum absolute atomic E-state index is 11.6. The van der Waals surface area contributed by atoms with Crippen molar-refractivity contribution in [3.05, 3.63) is 62.9 Å². The second-order valence-electron chi connectivity index (χ2n) is 4.38. The first-order chi connectivity index (χ1) is 9.51. The fraction of sp³-hybridized carbons (Fsp3) is 0.214. The van der Waals surface area contributed by atoms with E-state index in [4.69, 9.17) is 11.6 Å². The number of hydrogen-bond donors (Lipinski definition) is 0. The molecule has 0 aliphatic rings. The Labute approximate surface area is 120 Å². The van der Waals surface area contributed by atoms with E-state index in [9.17, 15) is 14.9 Å². The average molecular weight is 293 g/mol. The molecular weight excluding hydrogens is 280 g/mol. The third kappa shape index (κ3) is 3.05. The van der Waals surface area contributed by atoms with Crippen LogP contribution in [-0.4, -0.2) is 15.3 Å². The van der Waals surface area contributed by atoms with Gasteiger partial charge in [-0.15, -0.1) is 0 Å². The molecule has 1 aromatic carbocycles. The number of hydrogen-bond acceptors (Lipinski definition) is 3. The standard InChI is InChI=1S/C14H13ClN2O3/c1-2-14(18)10-5-6-16(8-10)9-11-7-12(15)3-4-13(11)17(19)20/h3-8H,2,9H2,1H3. The molecule has 20 heavy (non-hydrogen) atoms. The van der Waals surface area contributed by atoms with Gasteiger partial charge in [-0.3, -0.25) is 14.9 Å². The van der Waals surface area contributed by atoms with Gasteiger partial charge in [0.15, 0.2) is 5.78 Å². The van der Waals surface area contributed by atoms with Gasteiger partial charge in [-0.25, -0.2) is 0 Å². The van der Waals surface area contributed by atoms with Crippen molar-refractivity contribution in [1.29, 1.82) is 0 Å². The smallest absolute Gasteiger partial charge is 0.274 e. The Kier molecular flexibility index (Phi) is 4.20. The molecule has 0 unspecified atom stereocenters. The Hall–Kier alpha value is -2.14. The largest absolute Gasteiger partial charge is 0.349 e. The van der Waals surface area contributed by atoms with Crippen LogP contribution in [0.3, 0.4) is 0 Å². The molecule has 2 rings (SSSR count). The van der Waals surface area contributed by atoms with Crippen molar-refractivity contribution < 1.29 is 9.72 Å².